The Morgan fingerprint density at radius 1 is 0.931 bits per heavy atom. The van der Waals surface area contributed by atoms with E-state index in [9.17, 15) is 0 Å². The number of H-pyrrole nitrogens is 1. The molecule has 0 spiro atoms. The van der Waals surface area contributed by atoms with Crippen molar-refractivity contribution < 1.29 is 4.74 Å². The highest BCUT2D eigenvalue weighted by atomic mass is 32.1. The molecule has 1 atom stereocenters. The number of nitrogens with one attached hydrogen (secondary N) is 1. The number of aromatic amines is 1. The van der Waals surface area contributed by atoms with Gasteiger partial charge in [0, 0.05) is 28.5 Å². The largest absolute Gasteiger partial charge is 0.496 e. The van der Waals surface area contributed by atoms with Crippen LogP contribution in [0.4, 0.5) is 0 Å². The van der Waals surface area contributed by atoms with Crippen LogP contribution in [0.25, 0.3) is 22.5 Å². The van der Waals surface area contributed by atoms with Gasteiger partial charge in [0.25, 0.3) is 0 Å². The molecule has 4 rings (SSSR count). The van der Waals surface area contributed by atoms with Gasteiger partial charge >= 0.3 is 0 Å². The number of hydrogen-bond donors (Lipinski definition) is 2. The fourth-order valence-corrected chi connectivity index (χ4v) is 3.98. The molecule has 2 aromatic carbocycles. The molecule has 4 aromatic rings. The Morgan fingerprint density at radius 2 is 1.55 bits per heavy atom. The lowest BCUT2D eigenvalue weighted by molar-refractivity contribution is 0.407. The van der Waals surface area contributed by atoms with Gasteiger partial charge in [0.2, 0.25) is 0 Å². The number of rotatable bonds is 5. The van der Waals surface area contributed by atoms with Gasteiger partial charge in [-0.2, -0.15) is 12.6 Å². The second-order valence-corrected chi connectivity index (χ2v) is 7.48. The lowest BCUT2D eigenvalue weighted by Crippen LogP contribution is -2.05. The van der Waals surface area contributed by atoms with Crippen molar-refractivity contribution in [2.45, 2.75) is 19.1 Å². The standard InChI is InChI=1S/C24H23N3OS/c1-15-14-25-19(16(2)22(15)28-3)23(29)24-26-20(17-10-6-4-7-11-17)21(27-24)18-12-8-5-9-13-18/h4-14,23,29H,1-3H3,(H,26,27). The Bertz CT molecular complexity index is 1070. The summed E-state index contributed by atoms with van der Waals surface area (Å²) >= 11 is 4.87. The van der Waals surface area contributed by atoms with Crippen LogP contribution in [0.5, 0.6) is 5.75 Å². The predicted octanol–water partition coefficient (Wildman–Crippen LogP) is 5.78. The topological polar surface area (TPSA) is 50.8 Å². The van der Waals surface area contributed by atoms with E-state index in [4.69, 9.17) is 22.3 Å². The smallest absolute Gasteiger partial charge is 0.128 e. The number of imidazole rings is 1. The van der Waals surface area contributed by atoms with E-state index in [1.165, 1.54) is 0 Å². The molecule has 1 unspecified atom stereocenters. The zero-order valence-corrected chi connectivity index (χ0v) is 17.6. The maximum absolute atomic E-state index is 5.57. The Morgan fingerprint density at radius 3 is 2.17 bits per heavy atom. The molecule has 0 saturated heterocycles. The SMILES string of the molecule is COc1c(C)cnc(C(S)c2nc(-c3ccccc3)c(-c3ccccc3)[nH]2)c1C. The lowest BCUT2D eigenvalue weighted by Gasteiger charge is -2.15. The minimum absolute atomic E-state index is 0.301. The lowest BCUT2D eigenvalue weighted by atomic mass is 10.1. The van der Waals surface area contributed by atoms with Gasteiger partial charge in [0.15, 0.2) is 0 Å². The molecule has 1 N–H and O–H groups in total. The number of hydrogen-bond acceptors (Lipinski definition) is 4. The first-order chi connectivity index (χ1) is 14.1. The van der Waals surface area contributed by atoms with Gasteiger partial charge in [-0.25, -0.2) is 4.98 Å². The van der Waals surface area contributed by atoms with Crippen LogP contribution in [0.2, 0.25) is 0 Å². The number of pyridine rings is 1. The van der Waals surface area contributed by atoms with E-state index in [2.05, 4.69) is 34.2 Å². The van der Waals surface area contributed by atoms with Crippen LogP contribution in [0, 0.1) is 13.8 Å². The number of nitrogens with zero attached hydrogens (tertiary/aromatic N) is 2. The van der Waals surface area contributed by atoms with E-state index < -0.39 is 0 Å². The fourth-order valence-electron chi connectivity index (χ4n) is 3.59. The number of aryl methyl sites for hydroxylation is 1. The maximum Gasteiger partial charge on any atom is 0.128 e. The summed E-state index contributed by atoms with van der Waals surface area (Å²) < 4.78 is 5.57. The van der Waals surface area contributed by atoms with Gasteiger partial charge in [-0.05, 0) is 13.8 Å². The number of benzene rings is 2. The summed E-state index contributed by atoms with van der Waals surface area (Å²) in [5.41, 5.74) is 6.83. The van der Waals surface area contributed by atoms with Crippen LogP contribution >= 0.6 is 12.6 Å². The molecule has 0 radical (unpaired) electrons. The molecular weight excluding hydrogens is 378 g/mol. The normalized spacial score (nSPS) is 12.0. The third-order valence-electron chi connectivity index (χ3n) is 5.03. The zero-order valence-electron chi connectivity index (χ0n) is 16.7. The van der Waals surface area contributed by atoms with Crippen LogP contribution in [-0.2, 0) is 0 Å². The van der Waals surface area contributed by atoms with Crippen molar-refractivity contribution in [2.24, 2.45) is 0 Å². The van der Waals surface area contributed by atoms with Crippen molar-refractivity contribution in [3.05, 3.63) is 89.5 Å². The molecule has 0 amide bonds. The van der Waals surface area contributed by atoms with Crippen LogP contribution in [-0.4, -0.2) is 22.1 Å². The van der Waals surface area contributed by atoms with Crippen molar-refractivity contribution in [3.63, 3.8) is 0 Å². The number of aromatic nitrogens is 3. The molecular formula is C24H23N3OS. The minimum atomic E-state index is -0.301. The van der Waals surface area contributed by atoms with E-state index in [0.717, 1.165) is 50.9 Å². The van der Waals surface area contributed by atoms with Crippen LogP contribution < -0.4 is 4.74 Å². The minimum Gasteiger partial charge on any atom is -0.496 e. The van der Waals surface area contributed by atoms with Gasteiger partial charge in [0.1, 0.15) is 16.8 Å². The van der Waals surface area contributed by atoms with Gasteiger partial charge in [-0.3, -0.25) is 4.98 Å². The summed E-state index contributed by atoms with van der Waals surface area (Å²) in [5, 5.41) is -0.301. The molecule has 0 fully saturated rings. The Hall–Kier alpha value is -3.05. The molecule has 146 valence electrons. The average Bonchev–Trinajstić information content (AvgIpc) is 3.21. The first kappa shape index (κ1) is 19.3. The second kappa shape index (κ2) is 8.13. The highest BCUT2D eigenvalue weighted by Gasteiger charge is 2.23. The molecule has 0 saturated carbocycles. The molecule has 29 heavy (non-hydrogen) atoms. The summed E-state index contributed by atoms with van der Waals surface area (Å²) in [6.07, 6.45) is 1.82. The molecule has 0 bridgehead atoms. The van der Waals surface area contributed by atoms with Gasteiger partial charge in [-0.1, -0.05) is 60.7 Å². The third-order valence-corrected chi connectivity index (χ3v) is 5.52. The van der Waals surface area contributed by atoms with Crippen molar-refractivity contribution in [3.8, 4) is 28.3 Å². The number of ether oxygens (including phenoxy) is 1. The highest BCUT2D eigenvalue weighted by Crippen LogP contribution is 2.37. The first-order valence-electron chi connectivity index (χ1n) is 9.49. The number of methoxy groups -OCH3 is 1. The first-order valence-corrected chi connectivity index (χ1v) is 10.0. The summed E-state index contributed by atoms with van der Waals surface area (Å²) in [6, 6.07) is 20.4. The average molecular weight is 402 g/mol. The summed E-state index contributed by atoms with van der Waals surface area (Å²) in [6.45, 7) is 4.00. The Labute approximate surface area is 176 Å². The van der Waals surface area contributed by atoms with E-state index >= 15 is 0 Å². The van der Waals surface area contributed by atoms with Gasteiger partial charge in [-0.15, -0.1) is 0 Å². The van der Waals surface area contributed by atoms with Crippen molar-refractivity contribution in [1.82, 2.24) is 15.0 Å². The molecule has 5 heteroatoms. The quantitative estimate of drug-likeness (QED) is 0.417. The molecule has 4 nitrogen and oxygen atoms in total. The predicted molar refractivity (Wildman–Crippen MR) is 121 cm³/mol. The fraction of sp³-hybridized carbons (Fsp3) is 0.167. The summed E-state index contributed by atoms with van der Waals surface area (Å²) in [5.74, 6) is 1.60. The molecule has 2 heterocycles. The van der Waals surface area contributed by atoms with Crippen LogP contribution in [0.3, 0.4) is 0 Å². The van der Waals surface area contributed by atoms with Crippen molar-refractivity contribution in [2.75, 3.05) is 7.11 Å². The molecule has 0 aliphatic carbocycles. The Kier molecular flexibility index (Phi) is 5.41. The summed E-state index contributed by atoms with van der Waals surface area (Å²) in [7, 11) is 1.68. The van der Waals surface area contributed by atoms with E-state index in [-0.39, 0.29) is 5.25 Å². The molecule has 0 aliphatic heterocycles. The second-order valence-electron chi connectivity index (χ2n) is 6.96. The monoisotopic (exact) mass is 401 g/mol. The van der Waals surface area contributed by atoms with Crippen molar-refractivity contribution >= 4 is 12.6 Å². The number of thiol groups is 1. The highest BCUT2D eigenvalue weighted by molar-refractivity contribution is 7.80. The van der Waals surface area contributed by atoms with E-state index in [1.54, 1.807) is 7.11 Å². The van der Waals surface area contributed by atoms with Crippen LogP contribution in [0.1, 0.15) is 27.9 Å². The van der Waals surface area contributed by atoms with Crippen LogP contribution in [0.15, 0.2) is 66.9 Å². The zero-order chi connectivity index (χ0) is 20.4. The molecule has 0 aliphatic rings. The van der Waals surface area contributed by atoms with E-state index in [0.29, 0.717) is 0 Å². The maximum atomic E-state index is 5.57. The summed E-state index contributed by atoms with van der Waals surface area (Å²) in [4.78, 5) is 13.1. The van der Waals surface area contributed by atoms with E-state index in [1.807, 2.05) is 56.4 Å². The van der Waals surface area contributed by atoms with Gasteiger partial charge in [0.05, 0.1) is 24.2 Å². The third kappa shape index (κ3) is 3.66. The van der Waals surface area contributed by atoms with Crippen molar-refractivity contribution in [1.29, 1.82) is 0 Å². The molecule has 2 aromatic heterocycles. The Balaban J connectivity index is 1.85. The van der Waals surface area contributed by atoms with Gasteiger partial charge < -0.3 is 9.72 Å².